The lowest BCUT2D eigenvalue weighted by molar-refractivity contribution is -0.300. The molecular weight excluding hydrogens is 518 g/mol. The number of fused-ring (bicyclic) bond motifs is 4. The minimum absolute atomic E-state index is 0.0230. The number of benzene rings is 1. The van der Waals surface area contributed by atoms with Gasteiger partial charge in [-0.15, -0.1) is 0 Å². The summed E-state index contributed by atoms with van der Waals surface area (Å²) in [6.07, 6.45) is 5.52. The van der Waals surface area contributed by atoms with Crippen LogP contribution in [-0.4, -0.2) is 59.1 Å². The molecule has 6 rings (SSSR count). The Labute approximate surface area is 243 Å². The lowest BCUT2D eigenvalue weighted by atomic mass is 9.63. The van der Waals surface area contributed by atoms with Gasteiger partial charge in [0.2, 0.25) is 0 Å². The Kier molecular flexibility index (Phi) is 6.64. The molecule has 1 aliphatic heterocycles. The van der Waals surface area contributed by atoms with Gasteiger partial charge in [0.05, 0.1) is 18.1 Å². The summed E-state index contributed by atoms with van der Waals surface area (Å²) >= 11 is 0. The lowest BCUT2D eigenvalue weighted by Gasteiger charge is -2.51. The van der Waals surface area contributed by atoms with Crippen LogP contribution >= 0.6 is 0 Å². The first-order valence-corrected chi connectivity index (χ1v) is 15.2. The Balaban J connectivity index is 1.42. The summed E-state index contributed by atoms with van der Waals surface area (Å²) in [7, 11) is 1.77. The molecule has 0 radical (unpaired) electrons. The maximum absolute atomic E-state index is 14.7. The SMILES string of the molecule is CC1=CC23CCC(C)C(C)(C)C(C=C4COC(C)(C)OC4C2(O)C1OC(=O)N(C)C1CCCc2ccccc21)C3=O. The van der Waals surface area contributed by atoms with Crippen LogP contribution in [0.25, 0.3) is 0 Å². The number of carbonyl (C=O) groups is 2. The number of ether oxygens (including phenoxy) is 3. The molecule has 1 N–H and O–H groups in total. The van der Waals surface area contributed by atoms with Crippen LogP contribution in [0.15, 0.2) is 47.6 Å². The molecule has 5 aliphatic rings. The third-order valence-corrected chi connectivity index (χ3v) is 11.2. The molecule has 2 bridgehead atoms. The van der Waals surface area contributed by atoms with E-state index < -0.39 is 41.0 Å². The maximum atomic E-state index is 14.7. The molecule has 1 aromatic rings. The second-order valence-corrected chi connectivity index (χ2v) is 14.2. The van der Waals surface area contributed by atoms with Crippen molar-refractivity contribution in [2.24, 2.45) is 22.7 Å². The van der Waals surface area contributed by atoms with Gasteiger partial charge in [0.1, 0.15) is 6.10 Å². The minimum atomic E-state index is -1.81. The largest absolute Gasteiger partial charge is 0.438 e. The van der Waals surface area contributed by atoms with Gasteiger partial charge in [-0.3, -0.25) is 4.79 Å². The van der Waals surface area contributed by atoms with Crippen molar-refractivity contribution in [1.29, 1.82) is 0 Å². The fourth-order valence-corrected chi connectivity index (χ4v) is 8.30. The van der Waals surface area contributed by atoms with E-state index in [0.29, 0.717) is 12.0 Å². The van der Waals surface area contributed by atoms with E-state index in [9.17, 15) is 14.7 Å². The molecule has 7 nitrogen and oxygen atoms in total. The zero-order chi connectivity index (χ0) is 29.5. The third kappa shape index (κ3) is 4.09. The van der Waals surface area contributed by atoms with Crippen molar-refractivity contribution in [3.63, 3.8) is 0 Å². The summed E-state index contributed by atoms with van der Waals surface area (Å²) < 4.78 is 18.9. The minimum Gasteiger partial charge on any atom is -0.438 e. The average Bonchev–Trinajstić information content (AvgIpc) is 3.07. The van der Waals surface area contributed by atoms with E-state index in [2.05, 4.69) is 32.9 Å². The maximum Gasteiger partial charge on any atom is 0.410 e. The normalized spacial score (nSPS) is 38.7. The number of Topliss-reactive ketones (excluding diaryl/α,β-unsaturated/α-hetero) is 1. The summed E-state index contributed by atoms with van der Waals surface area (Å²) in [4.78, 5) is 30.3. The number of aliphatic hydroxyl groups is 1. The van der Waals surface area contributed by atoms with E-state index in [0.717, 1.165) is 36.8 Å². The van der Waals surface area contributed by atoms with Crippen molar-refractivity contribution in [1.82, 2.24) is 4.90 Å². The van der Waals surface area contributed by atoms with Gasteiger partial charge in [-0.05, 0) is 86.5 Å². The molecule has 222 valence electrons. The van der Waals surface area contributed by atoms with Crippen LogP contribution in [0.5, 0.6) is 0 Å². The van der Waals surface area contributed by atoms with Crippen LogP contribution in [0, 0.1) is 22.7 Å². The van der Waals surface area contributed by atoms with E-state index in [1.165, 1.54) is 5.56 Å². The molecule has 2 fully saturated rings. The third-order valence-electron chi connectivity index (χ3n) is 11.2. The highest BCUT2D eigenvalue weighted by Crippen LogP contribution is 2.62. The first-order chi connectivity index (χ1) is 19.2. The van der Waals surface area contributed by atoms with Crippen molar-refractivity contribution in [2.75, 3.05) is 13.7 Å². The monoisotopic (exact) mass is 563 g/mol. The molecule has 7 atom stereocenters. The van der Waals surface area contributed by atoms with Gasteiger partial charge < -0.3 is 24.2 Å². The molecule has 4 aliphatic carbocycles. The molecule has 7 unspecified atom stereocenters. The number of carbonyl (C=O) groups excluding carboxylic acids is 2. The number of aryl methyl sites for hydroxylation is 1. The van der Waals surface area contributed by atoms with Gasteiger partial charge in [-0.2, -0.15) is 0 Å². The highest BCUT2D eigenvalue weighted by molar-refractivity contribution is 5.95. The van der Waals surface area contributed by atoms with Crippen LogP contribution in [0.2, 0.25) is 0 Å². The van der Waals surface area contributed by atoms with Crippen molar-refractivity contribution in [3.8, 4) is 0 Å². The Morgan fingerprint density at radius 3 is 2.63 bits per heavy atom. The molecule has 1 saturated carbocycles. The summed E-state index contributed by atoms with van der Waals surface area (Å²) in [5, 5.41) is 13.1. The number of ketones is 1. The molecular formula is C34H45NO6. The number of allylic oxidation sites excluding steroid dienone is 1. The van der Waals surface area contributed by atoms with Gasteiger partial charge in [-0.25, -0.2) is 4.79 Å². The molecule has 1 saturated heterocycles. The zero-order valence-corrected chi connectivity index (χ0v) is 25.5. The van der Waals surface area contributed by atoms with Crippen LogP contribution in [0.1, 0.15) is 84.4 Å². The predicted octanol–water partition coefficient (Wildman–Crippen LogP) is 5.91. The number of rotatable bonds is 2. The fraction of sp³-hybridized carbons (Fsp3) is 0.647. The van der Waals surface area contributed by atoms with Gasteiger partial charge in [0, 0.05) is 13.0 Å². The molecule has 1 heterocycles. The Morgan fingerprint density at radius 1 is 1.15 bits per heavy atom. The van der Waals surface area contributed by atoms with E-state index in [1.807, 2.05) is 45.1 Å². The molecule has 41 heavy (non-hydrogen) atoms. The van der Waals surface area contributed by atoms with Crippen LogP contribution in [0.3, 0.4) is 0 Å². The van der Waals surface area contributed by atoms with Crippen molar-refractivity contribution in [3.05, 3.63) is 58.7 Å². The standard InChI is InChI=1S/C34H45NO6/c1-20-18-33-16-15-21(2)31(3,4)25(27(33)36)17-23-19-39-32(5,6)41-29(23)34(33,38)28(20)40-30(37)35(7)26-14-10-12-22-11-8-9-13-24(22)26/h8-9,11,13,17-18,21,25-26,28-29,38H,10,12,14-16,19H2,1-7H3. The summed E-state index contributed by atoms with van der Waals surface area (Å²) in [5.41, 5.74) is 0.430. The Morgan fingerprint density at radius 2 is 1.88 bits per heavy atom. The predicted molar refractivity (Wildman–Crippen MR) is 155 cm³/mol. The number of hydrogen-bond donors (Lipinski definition) is 1. The van der Waals surface area contributed by atoms with Crippen LogP contribution < -0.4 is 0 Å². The van der Waals surface area contributed by atoms with E-state index in [-0.39, 0.29) is 29.8 Å². The van der Waals surface area contributed by atoms with Gasteiger partial charge in [-0.1, -0.05) is 57.2 Å². The zero-order valence-electron chi connectivity index (χ0n) is 25.5. The lowest BCUT2D eigenvalue weighted by Crippen LogP contribution is -2.66. The fourth-order valence-electron chi connectivity index (χ4n) is 8.30. The molecule has 1 amide bonds. The number of hydrogen-bond acceptors (Lipinski definition) is 6. The van der Waals surface area contributed by atoms with Gasteiger partial charge in [0.25, 0.3) is 0 Å². The highest BCUT2D eigenvalue weighted by atomic mass is 16.7. The average molecular weight is 564 g/mol. The van der Waals surface area contributed by atoms with Crippen LogP contribution in [-0.2, 0) is 25.4 Å². The second-order valence-electron chi connectivity index (χ2n) is 14.2. The first-order valence-electron chi connectivity index (χ1n) is 15.2. The van der Waals surface area contributed by atoms with Crippen molar-refractivity contribution in [2.45, 2.75) is 103 Å². The summed E-state index contributed by atoms with van der Waals surface area (Å²) in [5.74, 6) is -1.19. The molecule has 1 spiro atoms. The number of amides is 1. The molecule has 7 heteroatoms. The van der Waals surface area contributed by atoms with E-state index >= 15 is 0 Å². The quantitative estimate of drug-likeness (QED) is 0.450. The second kappa shape index (κ2) is 9.51. The van der Waals surface area contributed by atoms with Crippen LogP contribution in [0.4, 0.5) is 4.79 Å². The Bertz CT molecular complexity index is 1330. The highest BCUT2D eigenvalue weighted by Gasteiger charge is 2.72. The van der Waals surface area contributed by atoms with Crippen molar-refractivity contribution >= 4 is 11.9 Å². The summed E-state index contributed by atoms with van der Waals surface area (Å²) in [6.45, 7) is 12.2. The van der Waals surface area contributed by atoms with E-state index in [1.54, 1.807) is 11.9 Å². The van der Waals surface area contributed by atoms with Gasteiger partial charge in [0.15, 0.2) is 23.3 Å². The molecule has 0 aromatic heterocycles. The van der Waals surface area contributed by atoms with Crippen molar-refractivity contribution < 1.29 is 28.9 Å². The number of nitrogens with zero attached hydrogens (tertiary/aromatic N) is 1. The van der Waals surface area contributed by atoms with Gasteiger partial charge >= 0.3 is 6.09 Å². The summed E-state index contributed by atoms with van der Waals surface area (Å²) in [6, 6.07) is 8.13. The molecule has 1 aromatic carbocycles. The smallest absolute Gasteiger partial charge is 0.410 e. The Hall–Kier alpha value is -2.48. The topological polar surface area (TPSA) is 85.3 Å². The first kappa shape index (κ1) is 28.6. The van der Waals surface area contributed by atoms with E-state index in [4.69, 9.17) is 14.2 Å².